The van der Waals surface area contributed by atoms with E-state index in [-0.39, 0.29) is 23.3 Å². The van der Waals surface area contributed by atoms with E-state index in [4.69, 9.17) is 10.2 Å². The zero-order valence-corrected chi connectivity index (χ0v) is 14.4. The van der Waals surface area contributed by atoms with Gasteiger partial charge in [-0.1, -0.05) is 25.9 Å². The van der Waals surface area contributed by atoms with Gasteiger partial charge in [0.2, 0.25) is 11.8 Å². The second kappa shape index (κ2) is 6.13. The second-order valence-corrected chi connectivity index (χ2v) is 8.21. The molecule has 6 heteroatoms. The molecule has 23 heavy (non-hydrogen) atoms. The number of carbonyl (C=O) groups excluding carboxylic acids is 1. The number of likely N-dealkylation sites (tertiary alicyclic amines) is 1. The minimum absolute atomic E-state index is 0.103. The summed E-state index contributed by atoms with van der Waals surface area (Å²) in [6, 6.07) is 0.103. The van der Waals surface area contributed by atoms with Crippen LogP contribution in [0.1, 0.15) is 64.7 Å². The minimum Gasteiger partial charge on any atom is -0.408 e. The molecular weight excluding hydrogens is 292 g/mol. The number of rotatable bonds is 2. The minimum atomic E-state index is 0.103. The fourth-order valence-electron chi connectivity index (χ4n) is 4.58. The van der Waals surface area contributed by atoms with Crippen LogP contribution in [0.3, 0.4) is 0 Å². The molecule has 1 aliphatic carbocycles. The van der Waals surface area contributed by atoms with Crippen molar-refractivity contribution < 1.29 is 9.21 Å². The summed E-state index contributed by atoms with van der Waals surface area (Å²) in [7, 11) is 0. The molecule has 0 radical (unpaired) electrons. The predicted molar refractivity (Wildman–Crippen MR) is 87.6 cm³/mol. The first-order chi connectivity index (χ1) is 10.8. The fraction of sp³-hybridized carbons (Fsp3) is 0.824. The van der Waals surface area contributed by atoms with Crippen LogP contribution in [0.5, 0.6) is 0 Å². The van der Waals surface area contributed by atoms with Crippen LogP contribution in [0.4, 0.5) is 6.01 Å². The van der Waals surface area contributed by atoms with Gasteiger partial charge in [0.15, 0.2) is 0 Å². The highest BCUT2D eigenvalue weighted by Gasteiger charge is 2.38. The maximum absolute atomic E-state index is 13.0. The SMILES string of the molecule is CC1CC(C(=O)N2CCCC(c3nnc(N)o3)C2)CC(C)(C)C1. The van der Waals surface area contributed by atoms with E-state index in [1.807, 2.05) is 4.90 Å². The molecule has 1 saturated carbocycles. The van der Waals surface area contributed by atoms with Crippen LogP contribution in [0.15, 0.2) is 4.42 Å². The molecule has 0 spiro atoms. The Kier molecular flexibility index (Phi) is 4.34. The normalized spacial score (nSPS) is 31.1. The summed E-state index contributed by atoms with van der Waals surface area (Å²) in [5.41, 5.74) is 5.78. The van der Waals surface area contributed by atoms with E-state index >= 15 is 0 Å². The lowest BCUT2D eigenvalue weighted by Crippen LogP contribution is -2.45. The van der Waals surface area contributed by atoms with E-state index in [9.17, 15) is 4.79 Å². The lowest BCUT2D eigenvalue weighted by Gasteiger charge is -2.41. The van der Waals surface area contributed by atoms with Gasteiger partial charge < -0.3 is 15.1 Å². The molecule has 128 valence electrons. The molecule has 2 aliphatic rings. The topological polar surface area (TPSA) is 85.2 Å². The summed E-state index contributed by atoms with van der Waals surface area (Å²) >= 11 is 0. The van der Waals surface area contributed by atoms with Crippen molar-refractivity contribution in [2.75, 3.05) is 18.8 Å². The van der Waals surface area contributed by atoms with Crippen molar-refractivity contribution in [3.63, 3.8) is 0 Å². The molecule has 1 aromatic heterocycles. The summed E-state index contributed by atoms with van der Waals surface area (Å²) in [4.78, 5) is 15.0. The van der Waals surface area contributed by atoms with Gasteiger partial charge in [0.25, 0.3) is 0 Å². The summed E-state index contributed by atoms with van der Waals surface area (Å²) in [5.74, 6) is 1.76. The number of nitrogens with two attached hydrogens (primary N) is 1. The van der Waals surface area contributed by atoms with Gasteiger partial charge in [-0.25, -0.2) is 0 Å². The maximum Gasteiger partial charge on any atom is 0.312 e. The van der Waals surface area contributed by atoms with Gasteiger partial charge in [-0.05, 0) is 43.4 Å². The highest BCUT2D eigenvalue weighted by Crippen LogP contribution is 2.42. The van der Waals surface area contributed by atoms with Crippen molar-refractivity contribution in [3.8, 4) is 0 Å². The van der Waals surface area contributed by atoms with E-state index in [2.05, 4.69) is 31.0 Å². The zero-order valence-electron chi connectivity index (χ0n) is 14.4. The third-order valence-electron chi connectivity index (χ3n) is 5.27. The van der Waals surface area contributed by atoms with Gasteiger partial charge in [-0.3, -0.25) is 4.79 Å². The van der Waals surface area contributed by atoms with Crippen molar-refractivity contribution in [2.45, 2.75) is 58.8 Å². The molecule has 1 aromatic rings. The summed E-state index contributed by atoms with van der Waals surface area (Å²) in [6.45, 7) is 8.34. The molecule has 1 saturated heterocycles. The summed E-state index contributed by atoms with van der Waals surface area (Å²) < 4.78 is 5.36. The number of hydrogen-bond acceptors (Lipinski definition) is 5. The first-order valence-electron chi connectivity index (χ1n) is 8.72. The number of hydrogen-bond donors (Lipinski definition) is 1. The molecular formula is C17H28N4O2. The number of amides is 1. The van der Waals surface area contributed by atoms with E-state index in [1.54, 1.807) is 0 Å². The highest BCUT2D eigenvalue weighted by molar-refractivity contribution is 5.79. The lowest BCUT2D eigenvalue weighted by molar-refractivity contribution is -0.140. The van der Waals surface area contributed by atoms with Gasteiger partial charge in [0.05, 0.1) is 5.92 Å². The number of piperidine rings is 1. The van der Waals surface area contributed by atoms with Crippen LogP contribution >= 0.6 is 0 Å². The predicted octanol–water partition coefficient (Wildman–Crippen LogP) is 2.82. The van der Waals surface area contributed by atoms with Gasteiger partial charge >= 0.3 is 6.01 Å². The standard InChI is InChI=1S/C17H28N4O2/c1-11-7-13(9-17(2,3)8-11)15(22)21-6-4-5-12(10-21)14-19-20-16(18)23-14/h11-13H,4-10H2,1-3H3,(H2,18,20). The molecule has 2 N–H and O–H groups in total. The Morgan fingerprint density at radius 2 is 2.13 bits per heavy atom. The molecule has 2 fully saturated rings. The third-order valence-corrected chi connectivity index (χ3v) is 5.27. The van der Waals surface area contributed by atoms with Crippen molar-refractivity contribution in [1.82, 2.24) is 15.1 Å². The lowest BCUT2D eigenvalue weighted by atomic mass is 9.67. The average molecular weight is 320 g/mol. The molecule has 3 atom stereocenters. The van der Waals surface area contributed by atoms with Crippen LogP contribution < -0.4 is 5.73 Å². The Bertz CT molecular complexity index is 569. The zero-order chi connectivity index (χ0) is 16.6. The number of aromatic nitrogens is 2. The van der Waals surface area contributed by atoms with Crippen LogP contribution in [0.2, 0.25) is 0 Å². The number of nitrogen functional groups attached to an aromatic ring is 1. The molecule has 0 aromatic carbocycles. The highest BCUT2D eigenvalue weighted by atomic mass is 16.4. The molecule has 6 nitrogen and oxygen atoms in total. The van der Waals surface area contributed by atoms with Crippen molar-refractivity contribution >= 4 is 11.9 Å². The van der Waals surface area contributed by atoms with Gasteiger partial charge in [-0.15, -0.1) is 5.10 Å². The molecule has 1 aliphatic heterocycles. The molecule has 3 unspecified atom stereocenters. The fourth-order valence-corrected chi connectivity index (χ4v) is 4.58. The summed E-state index contributed by atoms with van der Waals surface area (Å²) in [6.07, 6.45) is 5.16. The average Bonchev–Trinajstić information content (AvgIpc) is 2.91. The maximum atomic E-state index is 13.0. The van der Waals surface area contributed by atoms with Crippen LogP contribution in [0, 0.1) is 17.3 Å². The van der Waals surface area contributed by atoms with E-state index < -0.39 is 0 Å². The molecule has 0 bridgehead atoms. The molecule has 3 rings (SSSR count). The van der Waals surface area contributed by atoms with Gasteiger partial charge in [0.1, 0.15) is 0 Å². The van der Waals surface area contributed by atoms with Gasteiger partial charge in [-0.2, -0.15) is 0 Å². The number of nitrogens with zero attached hydrogens (tertiary/aromatic N) is 3. The monoisotopic (exact) mass is 320 g/mol. The third kappa shape index (κ3) is 3.67. The Morgan fingerprint density at radius 3 is 2.78 bits per heavy atom. The largest absolute Gasteiger partial charge is 0.408 e. The van der Waals surface area contributed by atoms with E-state index in [0.29, 0.717) is 24.3 Å². The second-order valence-electron chi connectivity index (χ2n) is 8.21. The summed E-state index contributed by atoms with van der Waals surface area (Å²) in [5, 5.41) is 7.74. The smallest absolute Gasteiger partial charge is 0.312 e. The van der Waals surface area contributed by atoms with Crippen LogP contribution in [-0.4, -0.2) is 34.1 Å². The van der Waals surface area contributed by atoms with E-state index in [1.165, 1.54) is 6.42 Å². The van der Waals surface area contributed by atoms with Crippen molar-refractivity contribution in [1.29, 1.82) is 0 Å². The Labute approximate surface area is 137 Å². The Morgan fingerprint density at radius 1 is 1.35 bits per heavy atom. The van der Waals surface area contributed by atoms with Crippen LogP contribution in [-0.2, 0) is 4.79 Å². The van der Waals surface area contributed by atoms with Crippen molar-refractivity contribution in [3.05, 3.63) is 5.89 Å². The molecule has 2 heterocycles. The van der Waals surface area contributed by atoms with Gasteiger partial charge in [0, 0.05) is 19.0 Å². The van der Waals surface area contributed by atoms with Crippen molar-refractivity contribution in [2.24, 2.45) is 17.3 Å². The molecule has 1 amide bonds. The quantitative estimate of drug-likeness (QED) is 0.905. The Balaban J connectivity index is 1.67. The van der Waals surface area contributed by atoms with E-state index in [0.717, 1.165) is 32.2 Å². The van der Waals surface area contributed by atoms with Crippen LogP contribution in [0.25, 0.3) is 0 Å². The first kappa shape index (κ1) is 16.3. The first-order valence-corrected chi connectivity index (χ1v) is 8.72. The number of anilines is 1. The number of carbonyl (C=O) groups is 1. The Hall–Kier alpha value is -1.59.